The smallest absolute Gasteiger partial charge is 0.275 e. The van der Waals surface area contributed by atoms with E-state index in [0.29, 0.717) is 22.5 Å². The monoisotopic (exact) mass is 304 g/mol. The van der Waals surface area contributed by atoms with Gasteiger partial charge in [-0.1, -0.05) is 24.3 Å². The van der Waals surface area contributed by atoms with Crippen molar-refractivity contribution in [3.63, 3.8) is 0 Å². The summed E-state index contributed by atoms with van der Waals surface area (Å²) in [6, 6.07) is 7.91. The second-order valence-electron chi connectivity index (χ2n) is 3.94. The Morgan fingerprint density at radius 3 is 2.37 bits per heavy atom. The molecule has 0 spiro atoms. The summed E-state index contributed by atoms with van der Waals surface area (Å²) in [7, 11) is 0. The molecule has 2 rings (SSSR count). The molecule has 0 saturated carbocycles. The Balaban J connectivity index is 2.69. The second-order valence-corrected chi connectivity index (χ2v) is 5.34. The van der Waals surface area contributed by atoms with E-state index in [1.54, 1.807) is 31.2 Å². The number of carbonyl (C=O) groups excluding carboxylic acids is 1. The van der Waals surface area contributed by atoms with Gasteiger partial charge in [0.15, 0.2) is 0 Å². The molecular weight excluding hydrogens is 297 g/mol. The Hall–Kier alpha value is -1.33. The molecule has 2 aromatic rings. The molecule has 1 aromatic heterocycles. The summed E-state index contributed by atoms with van der Waals surface area (Å²) < 4.78 is 39.0. The molecule has 0 amide bonds. The Kier molecular flexibility index (Phi) is 3.69. The van der Waals surface area contributed by atoms with Gasteiger partial charge in [0.2, 0.25) is 0 Å². The predicted molar refractivity (Wildman–Crippen MR) is 69.7 cm³/mol. The Labute approximate surface area is 116 Å². The molecule has 1 aromatic carbocycles. The van der Waals surface area contributed by atoms with Crippen molar-refractivity contribution in [2.24, 2.45) is 0 Å². The van der Waals surface area contributed by atoms with Gasteiger partial charge in [0.05, 0.1) is 4.88 Å². The molecule has 0 unspecified atom stereocenters. The van der Waals surface area contributed by atoms with E-state index in [1.807, 2.05) is 0 Å². The van der Waals surface area contributed by atoms with E-state index < -0.39 is 16.3 Å². The molecule has 0 atom stereocenters. The minimum atomic E-state index is -4.51. The van der Waals surface area contributed by atoms with Gasteiger partial charge in [-0.05, 0) is 35.7 Å². The van der Waals surface area contributed by atoms with Gasteiger partial charge < -0.3 is 0 Å². The van der Waals surface area contributed by atoms with E-state index in [0.717, 1.165) is 0 Å². The third kappa shape index (κ3) is 2.82. The second kappa shape index (κ2) is 4.98. The van der Waals surface area contributed by atoms with Crippen molar-refractivity contribution in [1.29, 1.82) is 0 Å². The fraction of sp³-hybridized carbons (Fsp3) is 0.154. The van der Waals surface area contributed by atoms with Crippen molar-refractivity contribution in [3.8, 4) is 11.1 Å². The molecule has 0 bridgehead atoms. The van der Waals surface area contributed by atoms with Crippen LogP contribution in [0.3, 0.4) is 0 Å². The lowest BCUT2D eigenvalue weighted by Crippen LogP contribution is -2.03. The summed E-state index contributed by atoms with van der Waals surface area (Å²) in [5.41, 5.74) is 1.16. The summed E-state index contributed by atoms with van der Waals surface area (Å²) in [6.45, 7) is 1.72. The van der Waals surface area contributed by atoms with Crippen LogP contribution in [0.25, 0.3) is 11.1 Å². The van der Waals surface area contributed by atoms with Crippen molar-refractivity contribution in [2.75, 3.05) is 0 Å². The summed E-state index contributed by atoms with van der Waals surface area (Å²) >= 11 is 5.64. The van der Waals surface area contributed by atoms with Gasteiger partial charge in [0, 0.05) is 5.56 Å². The molecule has 0 fully saturated rings. The van der Waals surface area contributed by atoms with Crippen molar-refractivity contribution in [2.45, 2.75) is 13.1 Å². The van der Waals surface area contributed by atoms with Gasteiger partial charge in [-0.2, -0.15) is 13.2 Å². The topological polar surface area (TPSA) is 17.1 Å². The zero-order valence-electron chi connectivity index (χ0n) is 9.72. The van der Waals surface area contributed by atoms with Gasteiger partial charge >= 0.3 is 6.18 Å². The Morgan fingerprint density at radius 2 is 1.84 bits per heavy atom. The number of alkyl halides is 3. The SMILES string of the molecule is Cc1ccccc1-c1cc(C(=O)Cl)sc1C(F)(F)F. The molecule has 6 heteroatoms. The number of hydrogen-bond acceptors (Lipinski definition) is 2. The van der Waals surface area contributed by atoms with Crippen LogP contribution >= 0.6 is 22.9 Å². The molecule has 1 heterocycles. The van der Waals surface area contributed by atoms with Crippen LogP contribution in [0.4, 0.5) is 13.2 Å². The number of rotatable bonds is 2. The van der Waals surface area contributed by atoms with Gasteiger partial charge in [0.1, 0.15) is 4.88 Å². The number of carbonyl (C=O) groups is 1. The normalized spacial score (nSPS) is 11.6. The predicted octanol–water partition coefficient (Wildman–Crippen LogP) is 5.12. The Bertz CT molecular complexity index is 631. The minimum absolute atomic E-state index is 0.000370. The summed E-state index contributed by atoms with van der Waals surface area (Å²) in [5.74, 6) is 0. The highest BCUT2D eigenvalue weighted by Crippen LogP contribution is 2.43. The molecule has 0 aliphatic rings. The lowest BCUT2D eigenvalue weighted by atomic mass is 10.0. The van der Waals surface area contributed by atoms with Crippen LogP contribution in [0, 0.1) is 6.92 Å². The molecule has 100 valence electrons. The van der Waals surface area contributed by atoms with Gasteiger partial charge in [0.25, 0.3) is 5.24 Å². The van der Waals surface area contributed by atoms with Crippen molar-refractivity contribution >= 4 is 28.2 Å². The van der Waals surface area contributed by atoms with E-state index in [1.165, 1.54) is 6.07 Å². The summed E-state index contributed by atoms with van der Waals surface area (Å²) in [5, 5.41) is -0.879. The van der Waals surface area contributed by atoms with Crippen molar-refractivity contribution in [1.82, 2.24) is 0 Å². The molecule has 0 aliphatic heterocycles. The zero-order chi connectivity index (χ0) is 14.2. The lowest BCUT2D eigenvalue weighted by molar-refractivity contribution is -0.133. The van der Waals surface area contributed by atoms with Gasteiger partial charge in [-0.3, -0.25) is 4.79 Å². The van der Waals surface area contributed by atoms with Crippen LogP contribution in [0.5, 0.6) is 0 Å². The third-order valence-corrected chi connectivity index (χ3v) is 4.11. The quantitative estimate of drug-likeness (QED) is 0.704. The lowest BCUT2D eigenvalue weighted by Gasteiger charge is -2.09. The molecule has 0 saturated heterocycles. The van der Waals surface area contributed by atoms with E-state index in [9.17, 15) is 18.0 Å². The molecule has 19 heavy (non-hydrogen) atoms. The number of hydrogen-bond donors (Lipinski definition) is 0. The fourth-order valence-electron chi connectivity index (χ4n) is 1.77. The van der Waals surface area contributed by atoms with Gasteiger partial charge in [-0.25, -0.2) is 0 Å². The highest BCUT2D eigenvalue weighted by atomic mass is 35.5. The summed E-state index contributed by atoms with van der Waals surface area (Å²) in [4.78, 5) is 10.2. The third-order valence-electron chi connectivity index (χ3n) is 2.62. The molecule has 1 nitrogen and oxygen atoms in total. The first-order valence-corrected chi connectivity index (χ1v) is 6.47. The van der Waals surface area contributed by atoms with Crippen LogP contribution < -0.4 is 0 Å². The van der Waals surface area contributed by atoms with Crippen molar-refractivity contribution in [3.05, 3.63) is 45.6 Å². The largest absolute Gasteiger partial charge is 0.426 e. The van der Waals surface area contributed by atoms with E-state index in [-0.39, 0.29) is 10.4 Å². The number of halogens is 4. The highest BCUT2D eigenvalue weighted by molar-refractivity contribution is 7.16. The minimum Gasteiger partial charge on any atom is -0.275 e. The van der Waals surface area contributed by atoms with E-state index in [2.05, 4.69) is 0 Å². The maximum atomic E-state index is 13.0. The van der Waals surface area contributed by atoms with Crippen LogP contribution in [0.15, 0.2) is 30.3 Å². The molecular formula is C13H8ClF3OS. The number of aryl methyl sites for hydroxylation is 1. The zero-order valence-corrected chi connectivity index (χ0v) is 11.3. The molecule has 0 aliphatic carbocycles. The van der Waals surface area contributed by atoms with Crippen molar-refractivity contribution < 1.29 is 18.0 Å². The van der Waals surface area contributed by atoms with Gasteiger partial charge in [-0.15, -0.1) is 11.3 Å². The first-order chi connectivity index (χ1) is 8.80. The number of benzene rings is 1. The first-order valence-electron chi connectivity index (χ1n) is 5.27. The average Bonchev–Trinajstić information content (AvgIpc) is 2.74. The molecule has 0 N–H and O–H groups in total. The van der Waals surface area contributed by atoms with Crippen LogP contribution in [-0.4, -0.2) is 5.24 Å². The standard InChI is InChI=1S/C13H8ClF3OS/c1-7-4-2-3-5-8(7)9-6-10(12(14)18)19-11(9)13(15,16)17/h2-6H,1H3. The average molecular weight is 305 g/mol. The van der Waals surface area contributed by atoms with Crippen LogP contribution in [0.2, 0.25) is 0 Å². The van der Waals surface area contributed by atoms with Crippen LogP contribution in [-0.2, 0) is 6.18 Å². The van der Waals surface area contributed by atoms with E-state index >= 15 is 0 Å². The highest BCUT2D eigenvalue weighted by Gasteiger charge is 2.37. The Morgan fingerprint density at radius 1 is 1.21 bits per heavy atom. The fourth-order valence-corrected chi connectivity index (χ4v) is 2.82. The van der Waals surface area contributed by atoms with E-state index in [4.69, 9.17) is 11.6 Å². The summed E-state index contributed by atoms with van der Waals surface area (Å²) in [6.07, 6.45) is -4.51. The first kappa shape index (κ1) is 14.1. The molecule has 0 radical (unpaired) electrons. The maximum absolute atomic E-state index is 13.0. The van der Waals surface area contributed by atoms with Crippen LogP contribution in [0.1, 0.15) is 20.1 Å². The maximum Gasteiger partial charge on any atom is 0.426 e. The number of thiophene rings is 1.